The summed E-state index contributed by atoms with van der Waals surface area (Å²) >= 11 is 1.58. The van der Waals surface area contributed by atoms with Crippen LogP contribution in [0.25, 0.3) is 10.8 Å². The quantitative estimate of drug-likeness (QED) is 0.279. The molecule has 2 aromatic heterocycles. The lowest BCUT2D eigenvalue weighted by molar-refractivity contribution is 0.573. The Kier molecular flexibility index (Phi) is 8.23. The van der Waals surface area contributed by atoms with E-state index in [4.69, 9.17) is 4.42 Å². The molecule has 2 N–H and O–H groups in total. The summed E-state index contributed by atoms with van der Waals surface area (Å²) in [4.78, 5) is 10.0. The molecule has 0 saturated heterocycles. The summed E-state index contributed by atoms with van der Waals surface area (Å²) in [6.45, 7) is 2.78. The van der Waals surface area contributed by atoms with Crippen LogP contribution in [-0.4, -0.2) is 32.7 Å². The fourth-order valence-electron chi connectivity index (χ4n) is 2.72. The first kappa shape index (κ1) is 23.4. The zero-order valence-corrected chi connectivity index (χ0v) is 20.3. The summed E-state index contributed by atoms with van der Waals surface area (Å²) in [6, 6.07) is 9.22. The number of aliphatic imine (C=N–C) groups is 1. The van der Waals surface area contributed by atoms with Crippen molar-refractivity contribution in [3.63, 3.8) is 0 Å². The molecular weight excluding hydrogens is 523 g/mol. The normalized spacial score (nSPS) is 11.8. The van der Waals surface area contributed by atoms with E-state index in [1.165, 1.54) is 6.26 Å². The molecule has 7 nitrogen and oxygen atoms in total. The second-order valence-electron chi connectivity index (χ2n) is 6.27. The Hall–Kier alpha value is -1.92. The highest BCUT2D eigenvalue weighted by atomic mass is 127. The van der Waals surface area contributed by atoms with Crippen molar-refractivity contribution in [2.75, 3.05) is 13.3 Å². The summed E-state index contributed by atoms with van der Waals surface area (Å²) in [7, 11) is -1.52. The molecule has 0 saturated carbocycles. The molecule has 0 spiro atoms. The lowest BCUT2D eigenvalue weighted by Crippen LogP contribution is -2.36. The first-order valence-corrected chi connectivity index (χ1v) is 11.4. The van der Waals surface area contributed by atoms with Gasteiger partial charge in [0.15, 0.2) is 15.8 Å². The highest BCUT2D eigenvalue weighted by Gasteiger charge is 2.11. The number of sulfone groups is 1. The molecule has 0 aliphatic rings. The smallest absolute Gasteiger partial charge is 0.236 e. The van der Waals surface area contributed by atoms with Crippen LogP contribution in [0.5, 0.6) is 0 Å². The number of rotatable bonds is 6. The van der Waals surface area contributed by atoms with Crippen molar-refractivity contribution in [3.05, 3.63) is 58.8 Å². The van der Waals surface area contributed by atoms with E-state index in [0.717, 1.165) is 21.7 Å². The number of thiophene rings is 1. The van der Waals surface area contributed by atoms with E-state index < -0.39 is 9.84 Å². The van der Waals surface area contributed by atoms with Gasteiger partial charge in [-0.15, -0.1) is 35.3 Å². The Morgan fingerprint density at radius 3 is 2.62 bits per heavy atom. The van der Waals surface area contributed by atoms with Gasteiger partial charge in [0.05, 0.1) is 22.0 Å². The van der Waals surface area contributed by atoms with Crippen LogP contribution in [0.3, 0.4) is 0 Å². The molecule has 156 valence electrons. The largest absolute Gasteiger partial charge is 0.443 e. The number of nitrogens with one attached hydrogen (secondary N) is 2. The van der Waals surface area contributed by atoms with E-state index in [1.807, 2.05) is 23.6 Å². The number of aromatic nitrogens is 1. The summed E-state index contributed by atoms with van der Waals surface area (Å²) in [5.41, 5.74) is 2.47. The van der Waals surface area contributed by atoms with Crippen LogP contribution in [0, 0.1) is 6.92 Å². The zero-order valence-electron chi connectivity index (χ0n) is 16.3. The predicted octanol–water partition coefficient (Wildman–Crippen LogP) is 3.60. The number of benzene rings is 1. The molecule has 0 bridgehead atoms. The van der Waals surface area contributed by atoms with Gasteiger partial charge in [0.25, 0.3) is 0 Å². The van der Waals surface area contributed by atoms with E-state index in [1.54, 1.807) is 43.7 Å². The number of hydrogen-bond acceptors (Lipinski definition) is 6. The van der Waals surface area contributed by atoms with Crippen LogP contribution in [0.15, 0.2) is 56.3 Å². The number of halogens is 1. The minimum atomic E-state index is -3.21. The van der Waals surface area contributed by atoms with Gasteiger partial charge in [-0.3, -0.25) is 4.99 Å². The monoisotopic (exact) mass is 546 g/mol. The summed E-state index contributed by atoms with van der Waals surface area (Å²) in [5, 5.41) is 8.38. The molecule has 0 atom stereocenters. The lowest BCUT2D eigenvalue weighted by Gasteiger charge is -2.12. The Labute approximate surface area is 191 Å². The van der Waals surface area contributed by atoms with Gasteiger partial charge in [0, 0.05) is 19.8 Å². The minimum Gasteiger partial charge on any atom is -0.443 e. The molecular formula is C19H23IN4O3S2. The maximum atomic E-state index is 11.7. The van der Waals surface area contributed by atoms with Gasteiger partial charge in [0.2, 0.25) is 5.89 Å². The van der Waals surface area contributed by atoms with Gasteiger partial charge in [-0.05, 0) is 35.6 Å². The third-order valence-corrected chi connectivity index (χ3v) is 6.16. The fourth-order valence-corrected chi connectivity index (χ4v) is 4.33. The van der Waals surface area contributed by atoms with Gasteiger partial charge < -0.3 is 15.1 Å². The number of aryl methyl sites for hydroxylation is 1. The van der Waals surface area contributed by atoms with Crippen LogP contribution < -0.4 is 10.6 Å². The fraction of sp³-hybridized carbons (Fsp3) is 0.263. The second kappa shape index (κ2) is 10.2. The van der Waals surface area contributed by atoms with Crippen LogP contribution >= 0.6 is 35.3 Å². The van der Waals surface area contributed by atoms with Gasteiger partial charge >= 0.3 is 0 Å². The minimum absolute atomic E-state index is 0. The average Bonchev–Trinajstić information content (AvgIpc) is 3.32. The first-order chi connectivity index (χ1) is 13.4. The van der Waals surface area contributed by atoms with Crippen molar-refractivity contribution in [1.82, 2.24) is 15.6 Å². The molecule has 0 amide bonds. The average molecular weight is 546 g/mol. The molecule has 10 heteroatoms. The van der Waals surface area contributed by atoms with Gasteiger partial charge in [-0.2, -0.15) is 0 Å². The standard InChI is InChI=1S/C19H22N4O3S2.HI/c1-13-9-14(6-7-17(13)28(3,24)25)10-21-19(20-2)22-11-15-12-26-18(23-15)16-5-4-8-27-16;/h4-9,12H,10-11H2,1-3H3,(H2,20,21,22);1H. The number of oxazole rings is 1. The highest BCUT2D eigenvalue weighted by Crippen LogP contribution is 2.23. The van der Waals surface area contributed by atoms with Gasteiger partial charge in [-0.1, -0.05) is 18.2 Å². The molecule has 2 heterocycles. The SMILES string of the molecule is CN=C(NCc1ccc(S(C)(=O)=O)c(C)c1)NCc1coc(-c2cccs2)n1.I. The van der Waals surface area contributed by atoms with Crippen molar-refractivity contribution in [2.24, 2.45) is 4.99 Å². The van der Waals surface area contributed by atoms with E-state index in [0.29, 0.717) is 29.8 Å². The number of guanidine groups is 1. The summed E-state index contributed by atoms with van der Waals surface area (Å²) < 4.78 is 28.9. The van der Waals surface area contributed by atoms with E-state index in [-0.39, 0.29) is 24.0 Å². The molecule has 0 radical (unpaired) electrons. The predicted molar refractivity (Wildman–Crippen MR) is 127 cm³/mol. The Morgan fingerprint density at radius 2 is 2.00 bits per heavy atom. The van der Waals surface area contributed by atoms with Crippen LogP contribution in [0.1, 0.15) is 16.8 Å². The second-order valence-corrected chi connectivity index (χ2v) is 9.20. The van der Waals surface area contributed by atoms with E-state index >= 15 is 0 Å². The highest BCUT2D eigenvalue weighted by molar-refractivity contribution is 14.0. The van der Waals surface area contributed by atoms with Gasteiger partial charge in [-0.25, -0.2) is 13.4 Å². The first-order valence-electron chi connectivity index (χ1n) is 8.59. The van der Waals surface area contributed by atoms with Crippen molar-refractivity contribution < 1.29 is 12.8 Å². The zero-order chi connectivity index (χ0) is 20.1. The molecule has 0 aliphatic carbocycles. The molecule has 0 fully saturated rings. The molecule has 0 aliphatic heterocycles. The van der Waals surface area contributed by atoms with Crippen molar-refractivity contribution >= 4 is 51.1 Å². The van der Waals surface area contributed by atoms with Gasteiger partial charge in [0.1, 0.15) is 6.26 Å². The molecule has 0 unspecified atom stereocenters. The van der Waals surface area contributed by atoms with Crippen LogP contribution in [0.4, 0.5) is 0 Å². The topological polar surface area (TPSA) is 96.6 Å². The third kappa shape index (κ3) is 6.28. The van der Waals surface area contributed by atoms with Crippen molar-refractivity contribution in [2.45, 2.75) is 24.9 Å². The van der Waals surface area contributed by atoms with E-state index in [9.17, 15) is 8.42 Å². The van der Waals surface area contributed by atoms with Crippen LogP contribution in [0.2, 0.25) is 0 Å². The van der Waals surface area contributed by atoms with E-state index in [2.05, 4.69) is 20.6 Å². The molecule has 3 rings (SSSR count). The summed E-state index contributed by atoms with van der Waals surface area (Å²) in [5.74, 6) is 1.22. The molecule has 29 heavy (non-hydrogen) atoms. The summed E-state index contributed by atoms with van der Waals surface area (Å²) in [6.07, 6.45) is 2.84. The maximum absolute atomic E-state index is 11.7. The number of nitrogens with zero attached hydrogens (tertiary/aromatic N) is 2. The third-order valence-electron chi connectivity index (χ3n) is 4.04. The van der Waals surface area contributed by atoms with Crippen molar-refractivity contribution in [1.29, 1.82) is 0 Å². The molecule has 3 aromatic rings. The lowest BCUT2D eigenvalue weighted by atomic mass is 10.1. The number of hydrogen-bond donors (Lipinski definition) is 2. The Morgan fingerprint density at radius 1 is 1.24 bits per heavy atom. The molecule has 1 aromatic carbocycles. The Balaban J connectivity index is 0.00000300. The van der Waals surface area contributed by atoms with Crippen LogP contribution in [-0.2, 0) is 22.9 Å². The maximum Gasteiger partial charge on any atom is 0.236 e. The Bertz CT molecular complexity index is 1080. The van der Waals surface area contributed by atoms with Crippen molar-refractivity contribution in [3.8, 4) is 10.8 Å².